The van der Waals surface area contributed by atoms with Gasteiger partial charge < -0.3 is 15.3 Å². The first-order valence-corrected chi connectivity index (χ1v) is 13.3. The highest BCUT2D eigenvalue weighted by molar-refractivity contribution is 6.46. The van der Waals surface area contributed by atoms with Crippen LogP contribution in [0.15, 0.2) is 53.5 Å². The minimum atomic E-state index is -0.966. The number of nitrogens with one attached hydrogen (secondary N) is 1. The molecule has 0 aromatic heterocycles. The van der Waals surface area contributed by atoms with Gasteiger partial charge in [-0.15, -0.1) is 0 Å². The fraction of sp³-hybridized carbons (Fsp3) is 0.467. The first-order valence-electron chi connectivity index (χ1n) is 13.3. The van der Waals surface area contributed by atoms with Crippen molar-refractivity contribution in [2.45, 2.75) is 65.0 Å². The predicted octanol–water partition coefficient (Wildman–Crippen LogP) is 4.84. The number of carbonyl (C=O) groups is 3. The van der Waals surface area contributed by atoms with Crippen molar-refractivity contribution in [3.63, 3.8) is 0 Å². The largest absolute Gasteiger partial charge is 0.481 e. The van der Waals surface area contributed by atoms with E-state index in [9.17, 15) is 18.8 Å². The van der Waals surface area contributed by atoms with E-state index in [1.54, 1.807) is 24.3 Å². The lowest BCUT2D eigenvalue weighted by Crippen LogP contribution is -2.50. The van der Waals surface area contributed by atoms with Gasteiger partial charge >= 0.3 is 5.97 Å². The van der Waals surface area contributed by atoms with Gasteiger partial charge in [0.1, 0.15) is 17.2 Å². The summed E-state index contributed by atoms with van der Waals surface area (Å²) in [5, 5.41) is 11.3. The normalized spacial score (nSPS) is 21.5. The molecule has 0 bridgehead atoms. The number of benzene rings is 2. The molecule has 8 heteroatoms. The van der Waals surface area contributed by atoms with Crippen LogP contribution in [0.25, 0.3) is 0 Å². The molecule has 2 aliphatic rings. The van der Waals surface area contributed by atoms with Gasteiger partial charge in [0.2, 0.25) is 0 Å². The van der Waals surface area contributed by atoms with Crippen molar-refractivity contribution in [1.29, 1.82) is 0 Å². The molecule has 2 aromatic rings. The van der Waals surface area contributed by atoms with Crippen molar-refractivity contribution in [3.05, 3.63) is 71.0 Å². The number of halogens is 1. The predicted molar refractivity (Wildman–Crippen MR) is 144 cm³/mol. The Labute approximate surface area is 223 Å². The molecular formula is C30H36FN3O4. The number of carbonyl (C=O) groups excluding carboxylic acids is 2. The lowest BCUT2D eigenvalue weighted by molar-refractivity contribution is -0.136. The fourth-order valence-corrected chi connectivity index (χ4v) is 5.54. The van der Waals surface area contributed by atoms with Crippen molar-refractivity contribution in [2.75, 3.05) is 13.1 Å². The Morgan fingerprint density at radius 2 is 1.82 bits per heavy atom. The van der Waals surface area contributed by atoms with Crippen LogP contribution in [0.2, 0.25) is 0 Å². The van der Waals surface area contributed by atoms with Crippen LogP contribution in [0.1, 0.15) is 74.4 Å². The zero-order valence-electron chi connectivity index (χ0n) is 22.3. The Morgan fingerprint density at radius 1 is 1.13 bits per heavy atom. The van der Waals surface area contributed by atoms with Crippen molar-refractivity contribution >= 4 is 23.5 Å². The van der Waals surface area contributed by atoms with Crippen molar-refractivity contribution in [1.82, 2.24) is 10.2 Å². The number of hydrogen-bond acceptors (Lipinski definition) is 4. The van der Waals surface area contributed by atoms with Crippen LogP contribution in [0, 0.1) is 17.2 Å². The molecule has 1 heterocycles. The first-order chi connectivity index (χ1) is 18.0. The van der Waals surface area contributed by atoms with E-state index in [2.05, 4.69) is 26.1 Å². The van der Waals surface area contributed by atoms with E-state index in [1.807, 2.05) is 17.0 Å². The molecule has 0 atom stereocenters. The number of rotatable bonds is 8. The second kappa shape index (κ2) is 11.1. The molecule has 0 saturated heterocycles. The molecule has 1 aliphatic carbocycles. The highest BCUT2D eigenvalue weighted by Crippen LogP contribution is 2.46. The summed E-state index contributed by atoms with van der Waals surface area (Å²) in [6.07, 6.45) is 3.94. The Balaban J connectivity index is 1.49. The highest BCUT2D eigenvalue weighted by atomic mass is 19.1. The Morgan fingerprint density at radius 3 is 2.42 bits per heavy atom. The molecule has 1 fully saturated rings. The Bertz CT molecular complexity index is 1220. The molecule has 7 nitrogen and oxygen atoms in total. The van der Waals surface area contributed by atoms with Crippen LogP contribution in [-0.4, -0.2) is 52.3 Å². The van der Waals surface area contributed by atoms with E-state index in [4.69, 9.17) is 10.1 Å². The van der Waals surface area contributed by atoms with E-state index in [0.717, 1.165) is 31.2 Å². The van der Waals surface area contributed by atoms with Gasteiger partial charge in [-0.3, -0.25) is 19.4 Å². The summed E-state index contributed by atoms with van der Waals surface area (Å²) in [5.74, 6) is -1.30. The molecule has 202 valence electrons. The van der Waals surface area contributed by atoms with Gasteiger partial charge in [-0.1, -0.05) is 45.0 Å². The van der Waals surface area contributed by atoms with Gasteiger partial charge in [-0.2, -0.15) is 0 Å². The van der Waals surface area contributed by atoms with Crippen molar-refractivity contribution < 1.29 is 23.9 Å². The smallest absolute Gasteiger partial charge is 0.305 e. The summed E-state index contributed by atoms with van der Waals surface area (Å²) in [5.41, 5.74) is 1.82. The molecule has 1 spiro atoms. The first kappa shape index (κ1) is 27.5. The lowest BCUT2D eigenvalue weighted by atomic mass is 9.69. The molecule has 38 heavy (non-hydrogen) atoms. The van der Waals surface area contributed by atoms with Crippen LogP contribution >= 0.6 is 0 Å². The van der Waals surface area contributed by atoms with E-state index in [-0.39, 0.29) is 30.2 Å². The van der Waals surface area contributed by atoms with Crippen molar-refractivity contribution in [2.24, 2.45) is 16.3 Å². The minimum Gasteiger partial charge on any atom is -0.481 e. The van der Waals surface area contributed by atoms with E-state index < -0.39 is 17.4 Å². The third-order valence-corrected chi connectivity index (χ3v) is 7.84. The fourth-order valence-electron chi connectivity index (χ4n) is 5.54. The lowest BCUT2D eigenvalue weighted by Gasteiger charge is -2.45. The topological polar surface area (TPSA) is 99.1 Å². The third kappa shape index (κ3) is 6.11. The summed E-state index contributed by atoms with van der Waals surface area (Å²) in [6, 6.07) is 13.2. The summed E-state index contributed by atoms with van der Waals surface area (Å²) in [4.78, 5) is 43.4. The second-order valence-corrected chi connectivity index (χ2v) is 11.4. The van der Waals surface area contributed by atoms with E-state index in [1.165, 1.54) is 12.1 Å². The number of carboxylic acid groups (broad SMARTS) is 1. The third-order valence-electron chi connectivity index (χ3n) is 7.84. The number of nitrogens with zero attached hydrogens (tertiary/aromatic N) is 2. The number of aliphatic carboxylic acids is 1. The zero-order valence-corrected chi connectivity index (χ0v) is 22.3. The van der Waals surface area contributed by atoms with Gasteiger partial charge in [0.15, 0.2) is 0 Å². The summed E-state index contributed by atoms with van der Waals surface area (Å²) in [7, 11) is 0. The molecule has 2 amide bonds. The van der Waals surface area contributed by atoms with Crippen molar-refractivity contribution in [3.8, 4) is 0 Å². The summed E-state index contributed by atoms with van der Waals surface area (Å²) < 4.78 is 14.0. The maximum absolute atomic E-state index is 14.0. The minimum absolute atomic E-state index is 0.0682. The quantitative estimate of drug-likeness (QED) is 0.519. The average Bonchev–Trinajstić information content (AvgIpc) is 3.13. The maximum atomic E-state index is 14.0. The van der Waals surface area contributed by atoms with E-state index in [0.29, 0.717) is 35.7 Å². The SMILES string of the molecule is CC(C)(C)C1CCC2(CC1)N=C(c1cccc(F)c1)C(=O)N2CCc1ccc(C(=O)NCCC(=O)O)cc1. The van der Waals surface area contributed by atoms with Gasteiger partial charge in [0, 0.05) is 24.2 Å². The molecule has 1 aliphatic heterocycles. The van der Waals surface area contributed by atoms with Gasteiger partial charge in [-0.25, -0.2) is 4.39 Å². The molecule has 2 N–H and O–H groups in total. The Kier molecular flexibility index (Phi) is 7.99. The van der Waals surface area contributed by atoms with Crippen LogP contribution in [-0.2, 0) is 16.0 Å². The maximum Gasteiger partial charge on any atom is 0.305 e. The summed E-state index contributed by atoms with van der Waals surface area (Å²) >= 11 is 0. The van der Waals surface area contributed by atoms with Gasteiger partial charge in [-0.05, 0) is 73.3 Å². The van der Waals surface area contributed by atoms with Crippen LogP contribution in [0.3, 0.4) is 0 Å². The number of amides is 2. The van der Waals surface area contributed by atoms with E-state index >= 15 is 0 Å². The van der Waals surface area contributed by atoms with Gasteiger partial charge in [0.05, 0.1) is 6.42 Å². The van der Waals surface area contributed by atoms with Crippen LogP contribution in [0.4, 0.5) is 4.39 Å². The van der Waals surface area contributed by atoms with Crippen LogP contribution in [0.5, 0.6) is 0 Å². The monoisotopic (exact) mass is 521 g/mol. The highest BCUT2D eigenvalue weighted by Gasteiger charge is 2.49. The molecule has 0 unspecified atom stereocenters. The van der Waals surface area contributed by atoms with Gasteiger partial charge in [0.25, 0.3) is 11.8 Å². The average molecular weight is 522 g/mol. The zero-order chi connectivity index (χ0) is 27.5. The Hall–Kier alpha value is -3.55. The molecule has 1 saturated carbocycles. The molecule has 0 radical (unpaired) electrons. The standard InChI is InChI=1S/C30H36FN3O4/c1-29(2,3)23-11-15-30(16-12-23)33-26(22-5-4-6-24(31)19-22)28(38)34(30)18-14-20-7-9-21(10-8-20)27(37)32-17-13-25(35)36/h4-10,19,23H,11-18H2,1-3H3,(H,32,37)(H,35,36). The van der Waals surface area contributed by atoms with Crippen LogP contribution < -0.4 is 5.32 Å². The number of aliphatic imine (C=N–C) groups is 1. The second-order valence-electron chi connectivity index (χ2n) is 11.4. The number of hydrogen-bond donors (Lipinski definition) is 2. The molecule has 2 aromatic carbocycles. The number of carboxylic acids is 1. The molecular weight excluding hydrogens is 485 g/mol. The molecule has 4 rings (SSSR count). The summed E-state index contributed by atoms with van der Waals surface area (Å²) in [6.45, 7) is 7.30.